The lowest BCUT2D eigenvalue weighted by Crippen LogP contribution is -2.52. The Morgan fingerprint density at radius 2 is 2.19 bits per heavy atom. The Morgan fingerprint density at radius 3 is 2.89 bits per heavy atom. The molecule has 0 spiro atoms. The van der Waals surface area contributed by atoms with Crippen molar-refractivity contribution in [1.82, 2.24) is 4.90 Å². The number of likely N-dealkylation sites (N-methyl/N-ethyl adjacent to an activating group) is 1. The molecular weight excluding hydrogens is 471 g/mol. The van der Waals surface area contributed by atoms with E-state index in [2.05, 4.69) is 52.1 Å². The van der Waals surface area contributed by atoms with E-state index in [0.717, 1.165) is 43.2 Å². The van der Waals surface area contributed by atoms with Crippen LogP contribution in [0.1, 0.15) is 45.1 Å². The van der Waals surface area contributed by atoms with Crippen molar-refractivity contribution in [3.63, 3.8) is 0 Å². The molecule has 4 atom stereocenters. The van der Waals surface area contributed by atoms with Gasteiger partial charge in [-0.1, -0.05) is 41.7 Å². The Kier molecular flexibility index (Phi) is 7.18. The summed E-state index contributed by atoms with van der Waals surface area (Å²) in [5.41, 5.74) is 1.90. The van der Waals surface area contributed by atoms with Gasteiger partial charge in [0.15, 0.2) is 3.42 Å². The van der Waals surface area contributed by atoms with Crippen LogP contribution in [0.5, 0.6) is 0 Å². The van der Waals surface area contributed by atoms with Gasteiger partial charge < -0.3 is 9.80 Å². The predicted molar refractivity (Wildman–Crippen MR) is 125 cm³/mol. The van der Waals surface area contributed by atoms with Gasteiger partial charge in [0.25, 0.3) is 0 Å². The van der Waals surface area contributed by atoms with Crippen LogP contribution in [-0.4, -0.2) is 44.2 Å². The van der Waals surface area contributed by atoms with Gasteiger partial charge >= 0.3 is 0 Å². The standard InChI is InChI=1S/C21H32FIN3P/c1-4-5-11-25(3)16-12-15(2)13-26(14-16)19-9-8-18(21(22,23)27)20-17(19)7-6-10-24-20/h7-9,15-16H,4-6,10-14,27H2,1-3H3/t15-,16+,21?/m0/s1. The number of piperidine rings is 1. The normalized spacial score (nSPS) is 24.8. The number of hydrogen-bond donors (Lipinski definition) is 0. The zero-order chi connectivity index (χ0) is 19.6. The fourth-order valence-electron chi connectivity index (χ4n) is 4.32. The largest absolute Gasteiger partial charge is 0.369 e. The maximum atomic E-state index is 14.7. The minimum atomic E-state index is -1.48. The minimum absolute atomic E-state index is 0.572. The lowest BCUT2D eigenvalue weighted by Gasteiger charge is -2.42. The molecule has 0 saturated carbocycles. The van der Waals surface area contributed by atoms with Gasteiger partial charge in [-0.15, -0.1) is 0 Å². The van der Waals surface area contributed by atoms with E-state index >= 15 is 0 Å². The zero-order valence-corrected chi connectivity index (χ0v) is 20.0. The van der Waals surface area contributed by atoms with E-state index < -0.39 is 3.42 Å². The van der Waals surface area contributed by atoms with Gasteiger partial charge in [-0.05, 0) is 67.4 Å². The summed E-state index contributed by atoms with van der Waals surface area (Å²) in [6, 6.07) is 4.62. The summed E-state index contributed by atoms with van der Waals surface area (Å²) >= 11 is 1.84. The third-order valence-electron chi connectivity index (χ3n) is 5.77. The molecule has 3 nitrogen and oxygen atoms in total. The number of alkyl halides is 2. The van der Waals surface area contributed by atoms with Crippen LogP contribution < -0.4 is 15.5 Å². The predicted octanol–water partition coefficient (Wildman–Crippen LogP) is 3.83. The number of anilines is 1. The lowest BCUT2D eigenvalue weighted by atomic mass is 9.93. The first-order chi connectivity index (χ1) is 12.8. The molecule has 3 rings (SSSR count). The monoisotopic (exact) mass is 503 g/mol. The Morgan fingerprint density at radius 1 is 1.41 bits per heavy atom. The smallest absolute Gasteiger partial charge is 0.200 e. The molecule has 0 aromatic heterocycles. The highest BCUT2D eigenvalue weighted by Gasteiger charge is 2.30. The Balaban J connectivity index is 1.94. The molecule has 1 aromatic carbocycles. The Hall–Kier alpha value is -0.260. The van der Waals surface area contributed by atoms with Crippen LogP contribution in [0, 0.1) is 5.92 Å². The maximum Gasteiger partial charge on any atom is 0.200 e. The van der Waals surface area contributed by atoms with E-state index in [1.165, 1.54) is 24.9 Å². The summed E-state index contributed by atoms with van der Waals surface area (Å²) in [7, 11) is 4.57. The summed E-state index contributed by atoms with van der Waals surface area (Å²) in [5.74, 6) is 0.648. The van der Waals surface area contributed by atoms with Crippen molar-refractivity contribution >= 4 is 43.6 Å². The molecule has 0 amide bonds. The summed E-state index contributed by atoms with van der Waals surface area (Å²) in [4.78, 5) is 9.74. The number of benzene rings is 1. The van der Waals surface area contributed by atoms with Crippen LogP contribution >= 0.6 is 31.8 Å². The molecule has 150 valence electrons. The second-order valence-corrected chi connectivity index (χ2v) is 11.7. The summed E-state index contributed by atoms with van der Waals surface area (Å²) in [6.45, 7) is 8.61. The van der Waals surface area contributed by atoms with E-state index in [9.17, 15) is 4.39 Å². The average molecular weight is 503 g/mol. The van der Waals surface area contributed by atoms with Gasteiger partial charge in [-0.2, -0.15) is 0 Å². The maximum absolute atomic E-state index is 14.7. The highest BCUT2D eigenvalue weighted by atomic mass is 127. The van der Waals surface area contributed by atoms with Gasteiger partial charge in [0, 0.05) is 42.1 Å². The molecular formula is C21H32FIN3P. The van der Waals surface area contributed by atoms with Gasteiger partial charge in [-0.25, -0.2) is 4.39 Å². The molecule has 0 aliphatic carbocycles. The fraction of sp³-hybridized carbons (Fsp3) is 0.667. The van der Waals surface area contributed by atoms with Gasteiger partial charge in [-0.3, -0.25) is 4.99 Å². The van der Waals surface area contributed by atoms with Crippen LogP contribution in [-0.2, 0) is 3.42 Å². The topological polar surface area (TPSA) is 18.8 Å². The molecule has 27 heavy (non-hydrogen) atoms. The highest BCUT2D eigenvalue weighted by Crippen LogP contribution is 2.38. The van der Waals surface area contributed by atoms with E-state index in [1.54, 1.807) is 0 Å². The third-order valence-corrected chi connectivity index (χ3v) is 6.66. The summed E-state index contributed by atoms with van der Waals surface area (Å²) in [5, 5.41) is 1.98. The number of rotatable bonds is 6. The molecule has 0 N–H and O–H groups in total. The quantitative estimate of drug-likeness (QED) is 0.334. The summed E-state index contributed by atoms with van der Waals surface area (Å²) in [6.07, 6.45) is 6.92. The van der Waals surface area contributed by atoms with Crippen LogP contribution in [0.2, 0.25) is 0 Å². The van der Waals surface area contributed by atoms with E-state index in [1.807, 2.05) is 28.7 Å². The van der Waals surface area contributed by atoms with Gasteiger partial charge in [0.1, 0.15) is 0 Å². The van der Waals surface area contributed by atoms with Gasteiger partial charge in [0.2, 0.25) is 0 Å². The van der Waals surface area contributed by atoms with E-state index in [4.69, 9.17) is 4.99 Å². The van der Waals surface area contributed by atoms with E-state index in [-0.39, 0.29) is 0 Å². The first-order valence-corrected chi connectivity index (χ1v) is 11.8. The molecule has 6 heteroatoms. The number of nitrogens with zero attached hydrogens (tertiary/aromatic N) is 3. The first-order valence-electron chi connectivity index (χ1n) is 10.1. The van der Waals surface area contributed by atoms with E-state index in [0.29, 0.717) is 17.5 Å². The Labute approximate surface area is 178 Å². The second-order valence-electron chi connectivity index (χ2n) is 8.13. The molecule has 2 heterocycles. The van der Waals surface area contributed by atoms with Crippen molar-refractivity contribution in [3.8, 4) is 0 Å². The molecule has 0 bridgehead atoms. The summed E-state index contributed by atoms with van der Waals surface area (Å²) < 4.78 is 13.2. The van der Waals surface area contributed by atoms with Crippen molar-refractivity contribution < 1.29 is 4.39 Å². The van der Waals surface area contributed by atoms with Crippen molar-refractivity contribution in [3.05, 3.63) is 28.3 Å². The molecule has 2 aliphatic rings. The van der Waals surface area contributed by atoms with Crippen molar-refractivity contribution in [2.45, 2.75) is 49.0 Å². The second kappa shape index (κ2) is 9.04. The molecule has 2 unspecified atom stereocenters. The average Bonchev–Trinajstić information content (AvgIpc) is 2.63. The lowest BCUT2D eigenvalue weighted by molar-refractivity contribution is 0.189. The number of halogens is 2. The first kappa shape index (κ1) is 21.4. The van der Waals surface area contributed by atoms with Crippen LogP contribution in [0.25, 0.3) is 6.08 Å². The number of unbranched alkanes of at least 4 members (excludes halogenated alkanes) is 1. The zero-order valence-electron chi connectivity index (χ0n) is 16.7. The SMILES string of the molecule is CCCCN(C)[C@@H]1C[C@H](C)CN(c2ccc(C(F)(P)I)c3c2=CCCN=3)C1. The van der Waals surface area contributed by atoms with Crippen molar-refractivity contribution in [2.75, 3.05) is 38.1 Å². The highest BCUT2D eigenvalue weighted by molar-refractivity contribution is 14.1. The number of hydrogen-bond acceptors (Lipinski definition) is 3. The molecule has 1 saturated heterocycles. The van der Waals surface area contributed by atoms with Crippen LogP contribution in [0.15, 0.2) is 17.1 Å². The number of fused-ring (bicyclic) bond motifs is 1. The Bertz CT molecular complexity index is 777. The molecule has 1 fully saturated rings. The fourth-order valence-corrected chi connectivity index (χ4v) is 4.99. The van der Waals surface area contributed by atoms with Crippen LogP contribution in [0.3, 0.4) is 0 Å². The van der Waals surface area contributed by atoms with Gasteiger partial charge in [0.05, 0.1) is 5.36 Å². The molecule has 2 aliphatic heterocycles. The van der Waals surface area contributed by atoms with Crippen LogP contribution in [0.4, 0.5) is 10.1 Å². The minimum Gasteiger partial charge on any atom is -0.369 e. The van der Waals surface area contributed by atoms with Crippen molar-refractivity contribution in [2.24, 2.45) is 10.9 Å². The molecule has 1 aromatic rings. The molecule has 0 radical (unpaired) electrons. The van der Waals surface area contributed by atoms with Crippen molar-refractivity contribution in [1.29, 1.82) is 0 Å². The third kappa shape index (κ3) is 5.02.